The van der Waals surface area contributed by atoms with Crippen molar-refractivity contribution >= 4 is 49.5 Å². The Bertz CT molecular complexity index is 2460. The van der Waals surface area contributed by atoms with Crippen molar-refractivity contribution in [3.8, 4) is 16.8 Å². The summed E-state index contributed by atoms with van der Waals surface area (Å²) in [5, 5.41) is 8.69. The Hall–Kier alpha value is -6.12. The molecule has 7 aromatic carbocycles. The van der Waals surface area contributed by atoms with Crippen molar-refractivity contribution in [2.24, 2.45) is 0 Å². The van der Waals surface area contributed by atoms with E-state index in [1.807, 2.05) is 0 Å². The van der Waals surface area contributed by atoms with Gasteiger partial charge in [0.1, 0.15) is 0 Å². The summed E-state index contributed by atoms with van der Waals surface area (Å²) < 4.78 is 2.43. The average molecular weight is 615 g/mol. The average Bonchev–Trinajstić information content (AvgIpc) is 3.51. The lowest BCUT2D eigenvalue weighted by atomic mass is 9.82. The van der Waals surface area contributed by atoms with Gasteiger partial charge < -0.3 is 9.88 Å². The van der Waals surface area contributed by atoms with Crippen LogP contribution >= 0.6 is 0 Å². The zero-order chi connectivity index (χ0) is 31.9. The predicted octanol–water partition coefficient (Wildman–Crippen LogP) is 12.5. The summed E-state index contributed by atoms with van der Waals surface area (Å²) in [7, 11) is 0. The number of nitrogens with zero attached hydrogens (tertiary/aromatic N) is 1. The molecule has 0 spiro atoms. The fraction of sp³-hybridized carbons (Fsp3) is 0.0435. The van der Waals surface area contributed by atoms with E-state index >= 15 is 0 Å². The summed E-state index contributed by atoms with van der Waals surface area (Å²) in [6.45, 7) is 0. The Balaban J connectivity index is 0.997. The van der Waals surface area contributed by atoms with Crippen molar-refractivity contribution in [3.05, 3.63) is 193 Å². The lowest BCUT2D eigenvalue weighted by Crippen LogP contribution is -2.05. The van der Waals surface area contributed by atoms with Gasteiger partial charge in [-0.2, -0.15) is 0 Å². The van der Waals surface area contributed by atoms with Crippen LogP contribution in [0, 0.1) is 0 Å². The molecule has 1 heterocycles. The molecule has 0 bridgehead atoms. The van der Waals surface area contributed by atoms with Crippen molar-refractivity contribution in [1.82, 2.24) is 4.57 Å². The van der Waals surface area contributed by atoms with E-state index in [0.717, 1.165) is 17.8 Å². The van der Waals surface area contributed by atoms with E-state index in [4.69, 9.17) is 0 Å². The molecule has 1 aliphatic rings. The maximum atomic E-state index is 3.58. The summed E-state index contributed by atoms with van der Waals surface area (Å²) in [5.41, 5.74) is 12.2. The molecule has 1 aliphatic carbocycles. The SMILES string of the molecule is C1=CCC(c2ccc(Nc3ccc(-c4ccccc4)cc3)cc2)C(c2ccc(-n3c4ccccc4c4ccc5ccccc5c43)cc2)=C1. The van der Waals surface area contributed by atoms with Crippen LogP contribution in [0.4, 0.5) is 11.4 Å². The molecule has 48 heavy (non-hydrogen) atoms. The Kier molecular flexibility index (Phi) is 6.98. The summed E-state index contributed by atoms with van der Waals surface area (Å²) in [4.78, 5) is 0. The minimum absolute atomic E-state index is 0.303. The minimum Gasteiger partial charge on any atom is -0.356 e. The number of aromatic nitrogens is 1. The smallest absolute Gasteiger partial charge is 0.0619 e. The Morgan fingerprint density at radius 2 is 1.15 bits per heavy atom. The highest BCUT2D eigenvalue weighted by molar-refractivity contribution is 6.18. The number of rotatable bonds is 6. The molecular weight excluding hydrogens is 581 g/mol. The molecule has 0 saturated heterocycles. The van der Waals surface area contributed by atoms with Crippen LogP contribution in [0.15, 0.2) is 182 Å². The van der Waals surface area contributed by atoms with Crippen LogP contribution in [0.25, 0.3) is 55.0 Å². The first-order valence-electron chi connectivity index (χ1n) is 16.7. The van der Waals surface area contributed by atoms with Gasteiger partial charge in [-0.15, -0.1) is 0 Å². The fourth-order valence-electron chi connectivity index (χ4n) is 7.39. The van der Waals surface area contributed by atoms with Gasteiger partial charge in [-0.25, -0.2) is 0 Å². The third-order valence-corrected chi connectivity index (χ3v) is 9.77. The van der Waals surface area contributed by atoms with E-state index in [1.165, 1.54) is 66.1 Å². The molecule has 9 rings (SSSR count). The highest BCUT2D eigenvalue weighted by Crippen LogP contribution is 2.40. The topological polar surface area (TPSA) is 17.0 Å². The van der Waals surface area contributed by atoms with Gasteiger partial charge >= 0.3 is 0 Å². The first-order chi connectivity index (χ1) is 23.8. The van der Waals surface area contributed by atoms with Gasteiger partial charge in [0.2, 0.25) is 0 Å². The number of hydrogen-bond acceptors (Lipinski definition) is 1. The number of anilines is 2. The van der Waals surface area contributed by atoms with Crippen LogP contribution in [0.2, 0.25) is 0 Å². The second-order valence-corrected chi connectivity index (χ2v) is 12.6. The van der Waals surface area contributed by atoms with Crippen molar-refractivity contribution in [1.29, 1.82) is 0 Å². The molecule has 0 amide bonds. The quantitative estimate of drug-likeness (QED) is 0.197. The molecule has 1 aromatic heterocycles. The predicted molar refractivity (Wildman–Crippen MR) is 204 cm³/mol. The summed E-state index contributed by atoms with van der Waals surface area (Å²) in [6, 6.07) is 59.2. The maximum absolute atomic E-state index is 3.58. The first-order valence-corrected chi connectivity index (χ1v) is 16.7. The maximum Gasteiger partial charge on any atom is 0.0619 e. The zero-order valence-corrected chi connectivity index (χ0v) is 26.6. The molecule has 1 N–H and O–H groups in total. The highest BCUT2D eigenvalue weighted by atomic mass is 15.0. The third-order valence-electron chi connectivity index (χ3n) is 9.77. The fourth-order valence-corrected chi connectivity index (χ4v) is 7.39. The van der Waals surface area contributed by atoms with E-state index < -0.39 is 0 Å². The number of nitrogens with one attached hydrogen (secondary N) is 1. The molecular formula is C46H34N2. The molecule has 0 saturated carbocycles. The summed E-state index contributed by atoms with van der Waals surface area (Å²) in [5.74, 6) is 0.303. The molecule has 1 atom stereocenters. The Labute approximate surface area is 280 Å². The van der Waals surface area contributed by atoms with Crippen LogP contribution in [-0.2, 0) is 0 Å². The second-order valence-electron chi connectivity index (χ2n) is 12.6. The van der Waals surface area contributed by atoms with Crippen molar-refractivity contribution in [2.45, 2.75) is 12.3 Å². The molecule has 0 radical (unpaired) electrons. The molecule has 1 unspecified atom stereocenters. The van der Waals surface area contributed by atoms with E-state index in [2.05, 4.69) is 192 Å². The second kappa shape index (κ2) is 11.9. The lowest BCUT2D eigenvalue weighted by Gasteiger charge is -2.23. The lowest BCUT2D eigenvalue weighted by molar-refractivity contribution is 0.874. The van der Waals surface area contributed by atoms with Crippen LogP contribution in [0.3, 0.4) is 0 Å². The van der Waals surface area contributed by atoms with Crippen LogP contribution in [0.1, 0.15) is 23.5 Å². The Morgan fingerprint density at radius 1 is 0.500 bits per heavy atom. The zero-order valence-electron chi connectivity index (χ0n) is 26.6. The largest absolute Gasteiger partial charge is 0.356 e. The number of hydrogen-bond donors (Lipinski definition) is 1. The Morgan fingerprint density at radius 3 is 1.94 bits per heavy atom. The van der Waals surface area contributed by atoms with E-state index in [9.17, 15) is 0 Å². The van der Waals surface area contributed by atoms with Gasteiger partial charge in [-0.1, -0.05) is 140 Å². The van der Waals surface area contributed by atoms with Gasteiger partial charge in [-0.05, 0) is 82.1 Å². The summed E-state index contributed by atoms with van der Waals surface area (Å²) in [6.07, 6.45) is 7.76. The van der Waals surface area contributed by atoms with Crippen molar-refractivity contribution in [2.75, 3.05) is 5.32 Å². The van der Waals surface area contributed by atoms with Gasteiger partial charge in [0, 0.05) is 39.1 Å². The number of fused-ring (bicyclic) bond motifs is 5. The van der Waals surface area contributed by atoms with Gasteiger partial charge in [0.05, 0.1) is 11.0 Å². The monoisotopic (exact) mass is 614 g/mol. The van der Waals surface area contributed by atoms with Crippen molar-refractivity contribution in [3.63, 3.8) is 0 Å². The first kappa shape index (κ1) is 28.1. The molecule has 2 heteroatoms. The van der Waals surface area contributed by atoms with Crippen LogP contribution in [0.5, 0.6) is 0 Å². The van der Waals surface area contributed by atoms with E-state index in [-0.39, 0.29) is 0 Å². The molecule has 8 aromatic rings. The number of para-hydroxylation sites is 1. The van der Waals surface area contributed by atoms with Crippen LogP contribution < -0.4 is 5.32 Å². The standard InChI is InChI=1S/C46H34N2/c1-2-10-32(11-3-1)33-18-25-37(26-19-33)47-38-27-20-35(21-28-38)40-13-6-7-14-41(40)36-22-29-39(30-23-36)48-45-17-9-8-16-43(45)44-31-24-34-12-4-5-15-42(34)46(44)48/h1-12,14-31,40,47H,13H2. The number of benzene rings is 7. The molecule has 2 nitrogen and oxygen atoms in total. The van der Waals surface area contributed by atoms with E-state index in [1.54, 1.807) is 0 Å². The third kappa shape index (κ3) is 4.99. The normalized spacial score (nSPS) is 14.4. The highest BCUT2D eigenvalue weighted by Gasteiger charge is 2.20. The molecule has 228 valence electrons. The van der Waals surface area contributed by atoms with Crippen LogP contribution in [-0.4, -0.2) is 4.57 Å². The van der Waals surface area contributed by atoms with Gasteiger partial charge in [0.25, 0.3) is 0 Å². The van der Waals surface area contributed by atoms with Gasteiger partial charge in [-0.3, -0.25) is 0 Å². The molecule has 0 aliphatic heterocycles. The van der Waals surface area contributed by atoms with E-state index in [0.29, 0.717) is 5.92 Å². The number of allylic oxidation sites excluding steroid dienone is 4. The molecule has 0 fully saturated rings. The minimum atomic E-state index is 0.303. The summed E-state index contributed by atoms with van der Waals surface area (Å²) >= 11 is 0. The van der Waals surface area contributed by atoms with Gasteiger partial charge in [0.15, 0.2) is 0 Å². The van der Waals surface area contributed by atoms with Crippen molar-refractivity contribution < 1.29 is 0 Å².